The molecule has 2 aliphatic rings. The van der Waals surface area contributed by atoms with E-state index in [1.54, 1.807) is 0 Å². The third-order valence-electron chi connectivity index (χ3n) is 11.9. The molecule has 2 aliphatic carbocycles. The fraction of sp³-hybridized carbons (Fsp3) is 0.0192. The molecule has 12 rings (SSSR count). The Labute approximate surface area is 324 Å². The molecule has 10 aromatic rings. The Morgan fingerprint density at radius 1 is 0.321 bits per heavy atom. The van der Waals surface area contributed by atoms with E-state index in [2.05, 4.69) is 162 Å². The predicted octanol–water partition coefficient (Wildman–Crippen LogP) is 12.3. The molecule has 56 heavy (non-hydrogen) atoms. The summed E-state index contributed by atoms with van der Waals surface area (Å²) in [6, 6.07) is 69.7. The van der Waals surface area contributed by atoms with Crippen LogP contribution in [0.2, 0.25) is 0 Å². The normalized spacial score (nSPS) is 13.1. The van der Waals surface area contributed by atoms with E-state index in [9.17, 15) is 0 Å². The molecule has 4 heteroatoms. The SMILES string of the molecule is c1ccc(-c2nc(-c3ccccc3)nc(-c3ccc4c5cc6c(cc5n(-c5ccccc5)c4c3)-c3ccccc3C63c4ccccc4-c4ccccc43)n2)cc1. The van der Waals surface area contributed by atoms with Crippen LogP contribution in [0.5, 0.6) is 0 Å². The summed E-state index contributed by atoms with van der Waals surface area (Å²) < 4.78 is 2.41. The van der Waals surface area contributed by atoms with Gasteiger partial charge >= 0.3 is 0 Å². The Balaban J connectivity index is 1.15. The van der Waals surface area contributed by atoms with Crippen LogP contribution in [0.3, 0.4) is 0 Å². The van der Waals surface area contributed by atoms with E-state index in [1.807, 2.05) is 36.4 Å². The molecule has 2 aromatic heterocycles. The Kier molecular flexibility index (Phi) is 6.52. The summed E-state index contributed by atoms with van der Waals surface area (Å²) >= 11 is 0. The predicted molar refractivity (Wildman–Crippen MR) is 227 cm³/mol. The number of hydrogen-bond acceptors (Lipinski definition) is 3. The van der Waals surface area contributed by atoms with Crippen LogP contribution >= 0.6 is 0 Å². The summed E-state index contributed by atoms with van der Waals surface area (Å²) in [5.41, 5.74) is 16.3. The van der Waals surface area contributed by atoms with Crippen LogP contribution in [0.25, 0.3) is 83.9 Å². The number of aromatic nitrogens is 4. The minimum atomic E-state index is -0.416. The topological polar surface area (TPSA) is 43.6 Å². The highest BCUT2D eigenvalue weighted by molar-refractivity contribution is 6.13. The van der Waals surface area contributed by atoms with E-state index >= 15 is 0 Å². The summed E-state index contributed by atoms with van der Waals surface area (Å²) in [5.74, 6) is 1.94. The smallest absolute Gasteiger partial charge is 0.164 e. The molecule has 4 nitrogen and oxygen atoms in total. The van der Waals surface area contributed by atoms with Gasteiger partial charge in [-0.3, -0.25) is 0 Å². The largest absolute Gasteiger partial charge is 0.309 e. The summed E-state index contributed by atoms with van der Waals surface area (Å²) in [6.45, 7) is 0. The van der Waals surface area contributed by atoms with Crippen molar-refractivity contribution in [3.63, 3.8) is 0 Å². The molecule has 0 radical (unpaired) electrons. The molecule has 0 aliphatic heterocycles. The second kappa shape index (κ2) is 11.8. The fourth-order valence-corrected chi connectivity index (χ4v) is 9.53. The van der Waals surface area contributed by atoms with Gasteiger partial charge in [0.2, 0.25) is 0 Å². The van der Waals surface area contributed by atoms with Gasteiger partial charge in [0.15, 0.2) is 17.5 Å². The maximum absolute atomic E-state index is 5.10. The van der Waals surface area contributed by atoms with Crippen LogP contribution in [0.15, 0.2) is 194 Å². The van der Waals surface area contributed by atoms with Gasteiger partial charge in [-0.15, -0.1) is 0 Å². The minimum absolute atomic E-state index is 0.416. The first-order valence-corrected chi connectivity index (χ1v) is 19.1. The molecule has 8 aromatic carbocycles. The van der Waals surface area contributed by atoms with E-state index in [-0.39, 0.29) is 0 Å². The number of hydrogen-bond donors (Lipinski definition) is 0. The lowest BCUT2D eigenvalue weighted by Crippen LogP contribution is -2.25. The first kappa shape index (κ1) is 31.0. The highest BCUT2D eigenvalue weighted by Gasteiger charge is 2.51. The zero-order valence-electron chi connectivity index (χ0n) is 30.3. The van der Waals surface area contributed by atoms with E-state index in [0.717, 1.165) is 27.9 Å². The van der Waals surface area contributed by atoms with Crippen LogP contribution < -0.4 is 0 Å². The van der Waals surface area contributed by atoms with Gasteiger partial charge in [-0.1, -0.05) is 164 Å². The second-order valence-corrected chi connectivity index (χ2v) is 14.7. The van der Waals surface area contributed by atoms with Crippen LogP contribution in [0.1, 0.15) is 22.3 Å². The third kappa shape index (κ3) is 4.27. The first-order chi connectivity index (χ1) is 27.8. The van der Waals surface area contributed by atoms with Crippen molar-refractivity contribution in [3.05, 3.63) is 216 Å². The average Bonchev–Trinajstić information content (AvgIpc) is 3.87. The van der Waals surface area contributed by atoms with E-state index in [4.69, 9.17) is 15.0 Å². The molecule has 0 atom stereocenters. The van der Waals surface area contributed by atoms with Gasteiger partial charge in [0.1, 0.15) is 0 Å². The van der Waals surface area contributed by atoms with Crippen molar-refractivity contribution < 1.29 is 0 Å². The number of nitrogens with zero attached hydrogens (tertiary/aromatic N) is 4. The monoisotopic (exact) mass is 712 g/mol. The maximum Gasteiger partial charge on any atom is 0.164 e. The van der Waals surface area contributed by atoms with E-state index < -0.39 is 5.41 Å². The molecular formula is C52H32N4. The molecule has 1 spiro atoms. The van der Waals surface area contributed by atoms with E-state index in [1.165, 1.54) is 60.8 Å². The quantitative estimate of drug-likeness (QED) is 0.182. The van der Waals surface area contributed by atoms with Gasteiger partial charge in [0.25, 0.3) is 0 Å². The minimum Gasteiger partial charge on any atom is -0.309 e. The molecular weight excluding hydrogens is 681 g/mol. The standard InChI is InChI=1S/C52H32N4/c1-4-16-33(17-5-1)49-53-50(34-18-6-2-7-19-34)55-51(54-49)35-28-29-40-42-31-46-41(32-48(42)56(47(40)30-35)36-20-8-3-9-21-36)39-24-12-15-27-45(39)52(46)43-25-13-10-22-37(43)38-23-11-14-26-44(38)52/h1-32H. The summed E-state index contributed by atoms with van der Waals surface area (Å²) in [4.78, 5) is 15.1. The van der Waals surface area contributed by atoms with Crippen LogP contribution in [0.4, 0.5) is 0 Å². The highest BCUT2D eigenvalue weighted by atomic mass is 15.0. The summed E-state index contributed by atoms with van der Waals surface area (Å²) in [7, 11) is 0. The van der Waals surface area contributed by atoms with Gasteiger partial charge in [-0.05, 0) is 74.8 Å². The Morgan fingerprint density at radius 2 is 0.768 bits per heavy atom. The lowest BCUT2D eigenvalue weighted by molar-refractivity contribution is 0.795. The molecule has 0 saturated carbocycles. The average molecular weight is 713 g/mol. The van der Waals surface area contributed by atoms with Crippen LogP contribution in [-0.4, -0.2) is 19.5 Å². The molecule has 0 N–H and O–H groups in total. The maximum atomic E-state index is 5.10. The van der Waals surface area contributed by atoms with Crippen molar-refractivity contribution in [3.8, 4) is 62.1 Å². The number of benzene rings is 8. The molecule has 0 bridgehead atoms. The number of rotatable bonds is 4. The highest BCUT2D eigenvalue weighted by Crippen LogP contribution is 2.63. The number of para-hydroxylation sites is 1. The van der Waals surface area contributed by atoms with Gasteiger partial charge in [0, 0.05) is 33.2 Å². The van der Waals surface area contributed by atoms with E-state index in [0.29, 0.717) is 17.5 Å². The Bertz CT molecular complexity index is 3080. The van der Waals surface area contributed by atoms with Crippen molar-refractivity contribution >= 4 is 21.8 Å². The molecule has 0 unspecified atom stereocenters. The Morgan fingerprint density at radius 3 is 1.32 bits per heavy atom. The van der Waals surface area contributed by atoms with Crippen LogP contribution in [-0.2, 0) is 5.41 Å². The van der Waals surface area contributed by atoms with Crippen molar-refractivity contribution in [1.82, 2.24) is 19.5 Å². The first-order valence-electron chi connectivity index (χ1n) is 19.1. The zero-order chi connectivity index (χ0) is 36.8. The van der Waals surface area contributed by atoms with Gasteiger partial charge in [-0.25, -0.2) is 15.0 Å². The molecule has 0 fully saturated rings. The van der Waals surface area contributed by atoms with Gasteiger partial charge in [0.05, 0.1) is 16.4 Å². The van der Waals surface area contributed by atoms with Gasteiger partial charge in [-0.2, -0.15) is 0 Å². The zero-order valence-corrected chi connectivity index (χ0v) is 30.3. The lowest BCUT2D eigenvalue weighted by Gasteiger charge is -2.30. The molecule has 0 saturated heterocycles. The van der Waals surface area contributed by atoms with Crippen molar-refractivity contribution in [2.24, 2.45) is 0 Å². The van der Waals surface area contributed by atoms with Crippen LogP contribution in [0, 0.1) is 0 Å². The molecule has 0 amide bonds. The summed E-state index contributed by atoms with van der Waals surface area (Å²) in [6.07, 6.45) is 0. The molecule has 2 heterocycles. The second-order valence-electron chi connectivity index (χ2n) is 14.7. The van der Waals surface area contributed by atoms with Crippen molar-refractivity contribution in [1.29, 1.82) is 0 Å². The number of fused-ring (bicyclic) bond motifs is 13. The molecule has 260 valence electrons. The van der Waals surface area contributed by atoms with Gasteiger partial charge < -0.3 is 4.57 Å². The Hall–Kier alpha value is -7.43. The fourth-order valence-electron chi connectivity index (χ4n) is 9.53. The lowest BCUT2D eigenvalue weighted by atomic mass is 9.70. The third-order valence-corrected chi connectivity index (χ3v) is 11.9. The van der Waals surface area contributed by atoms with Crippen molar-refractivity contribution in [2.45, 2.75) is 5.41 Å². The summed E-state index contributed by atoms with van der Waals surface area (Å²) in [5, 5.41) is 2.40. The van der Waals surface area contributed by atoms with Crippen molar-refractivity contribution in [2.75, 3.05) is 0 Å².